The number of nitrogens with two attached hydrogens (primary N) is 1. The Hall–Kier alpha value is 0.110. The lowest BCUT2D eigenvalue weighted by molar-refractivity contribution is 0.680. The molecule has 0 saturated heterocycles. The monoisotopic (exact) mass is 121 g/mol. The van der Waals surface area contributed by atoms with E-state index in [1.54, 1.807) is 6.26 Å². The summed E-state index contributed by atoms with van der Waals surface area (Å²) in [5, 5.41) is 0. The summed E-state index contributed by atoms with van der Waals surface area (Å²) < 4.78 is 10.3. The lowest BCUT2D eigenvalue weighted by Gasteiger charge is -1.97. The fraction of sp³-hybridized carbons (Fsp3) is 1.00. The van der Waals surface area contributed by atoms with Crippen LogP contribution in [0.5, 0.6) is 0 Å². The summed E-state index contributed by atoms with van der Waals surface area (Å²) in [5.74, 6) is 0.611. The van der Waals surface area contributed by atoms with Crippen LogP contribution in [-0.2, 0) is 10.8 Å². The molecule has 0 fully saturated rings. The molecule has 44 valence electrons. The number of hydrogen-bond acceptors (Lipinski definition) is 2. The van der Waals surface area contributed by atoms with Crippen LogP contribution in [0.4, 0.5) is 0 Å². The molecular formula is C4H11NOS. The van der Waals surface area contributed by atoms with E-state index in [1.165, 1.54) is 0 Å². The van der Waals surface area contributed by atoms with E-state index < -0.39 is 10.8 Å². The smallest absolute Gasteiger partial charge is 0.0381 e. The second kappa shape index (κ2) is 3.16. The molecule has 0 amide bonds. The normalized spacial score (nSPS) is 18.7. The fourth-order valence-corrected chi connectivity index (χ4v) is 1.11. The van der Waals surface area contributed by atoms with Gasteiger partial charge in [-0.2, -0.15) is 0 Å². The van der Waals surface area contributed by atoms with Crippen molar-refractivity contribution < 1.29 is 4.21 Å². The van der Waals surface area contributed by atoms with Crippen LogP contribution in [-0.4, -0.2) is 22.3 Å². The minimum absolute atomic E-state index is 0.0748. The van der Waals surface area contributed by atoms with Gasteiger partial charge in [0.1, 0.15) is 0 Å². The van der Waals surface area contributed by atoms with Crippen LogP contribution in [0.2, 0.25) is 0 Å². The van der Waals surface area contributed by atoms with Crippen LogP contribution in [0, 0.1) is 0 Å². The summed E-state index contributed by atoms with van der Waals surface area (Å²) in [6.07, 6.45) is 1.66. The van der Waals surface area contributed by atoms with Crippen LogP contribution >= 0.6 is 0 Å². The van der Waals surface area contributed by atoms with E-state index in [0.717, 1.165) is 0 Å². The first kappa shape index (κ1) is 7.11. The van der Waals surface area contributed by atoms with E-state index in [2.05, 4.69) is 0 Å². The summed E-state index contributed by atoms with van der Waals surface area (Å²) in [6, 6.07) is 0.0748. The molecular weight excluding hydrogens is 110 g/mol. The van der Waals surface area contributed by atoms with Crippen molar-refractivity contribution in [3.05, 3.63) is 0 Å². The third-order valence-electron chi connectivity index (χ3n) is 0.498. The molecule has 0 aromatic rings. The highest BCUT2D eigenvalue weighted by Gasteiger charge is 1.93. The lowest BCUT2D eigenvalue weighted by atomic mass is 10.4. The summed E-state index contributed by atoms with van der Waals surface area (Å²) in [4.78, 5) is 0. The van der Waals surface area contributed by atoms with Crippen molar-refractivity contribution in [2.75, 3.05) is 12.0 Å². The third-order valence-corrected chi connectivity index (χ3v) is 1.49. The number of hydrogen-bond donors (Lipinski definition) is 1. The van der Waals surface area contributed by atoms with Crippen LogP contribution in [0.1, 0.15) is 6.92 Å². The van der Waals surface area contributed by atoms with Gasteiger partial charge in [0.2, 0.25) is 0 Å². The number of rotatable bonds is 2. The molecule has 7 heavy (non-hydrogen) atoms. The molecule has 3 heteroatoms. The summed E-state index contributed by atoms with van der Waals surface area (Å²) >= 11 is 0. The van der Waals surface area contributed by atoms with Crippen molar-refractivity contribution in [2.45, 2.75) is 13.0 Å². The minimum Gasteiger partial charge on any atom is -0.327 e. The zero-order chi connectivity index (χ0) is 5.86. The Balaban J connectivity index is 3.13. The zero-order valence-corrected chi connectivity index (χ0v) is 5.49. The van der Waals surface area contributed by atoms with Gasteiger partial charge in [-0.25, -0.2) is 0 Å². The molecule has 0 radical (unpaired) electrons. The van der Waals surface area contributed by atoms with Crippen LogP contribution in [0.3, 0.4) is 0 Å². The van der Waals surface area contributed by atoms with Crippen molar-refractivity contribution in [1.82, 2.24) is 0 Å². The molecule has 0 bridgehead atoms. The average Bonchev–Trinajstić information content (AvgIpc) is 1.27. The zero-order valence-electron chi connectivity index (χ0n) is 4.68. The first-order chi connectivity index (χ1) is 3.13. The Morgan fingerprint density at radius 1 is 1.86 bits per heavy atom. The molecule has 0 rings (SSSR count). The highest BCUT2D eigenvalue weighted by Crippen LogP contribution is 1.77. The second-order valence-electron chi connectivity index (χ2n) is 1.72. The Morgan fingerprint density at radius 3 is 2.29 bits per heavy atom. The van der Waals surface area contributed by atoms with Gasteiger partial charge in [-0.1, -0.05) is 0 Å². The maximum Gasteiger partial charge on any atom is 0.0381 e. The Morgan fingerprint density at radius 2 is 2.29 bits per heavy atom. The van der Waals surface area contributed by atoms with Crippen molar-refractivity contribution in [2.24, 2.45) is 5.73 Å². The molecule has 2 atom stereocenters. The topological polar surface area (TPSA) is 43.1 Å². The third kappa shape index (κ3) is 6.11. The van der Waals surface area contributed by atoms with E-state index in [9.17, 15) is 4.21 Å². The van der Waals surface area contributed by atoms with Gasteiger partial charge in [0.25, 0.3) is 0 Å². The largest absolute Gasteiger partial charge is 0.327 e. The molecule has 0 aromatic carbocycles. The van der Waals surface area contributed by atoms with E-state index in [-0.39, 0.29) is 6.04 Å². The molecule has 2 N–H and O–H groups in total. The average molecular weight is 121 g/mol. The predicted octanol–water partition coefficient (Wildman–Crippen LogP) is -0.288. The van der Waals surface area contributed by atoms with Gasteiger partial charge < -0.3 is 5.73 Å². The van der Waals surface area contributed by atoms with Gasteiger partial charge in [0.15, 0.2) is 0 Å². The van der Waals surface area contributed by atoms with E-state index in [4.69, 9.17) is 5.73 Å². The van der Waals surface area contributed by atoms with Crippen LogP contribution in [0.15, 0.2) is 0 Å². The molecule has 0 saturated carbocycles. The van der Waals surface area contributed by atoms with E-state index in [0.29, 0.717) is 5.75 Å². The summed E-state index contributed by atoms with van der Waals surface area (Å²) in [6.45, 7) is 1.85. The minimum atomic E-state index is -0.721. The lowest BCUT2D eigenvalue weighted by Crippen LogP contribution is -2.22. The standard InChI is InChI=1S/C4H11NOS/c1-4(5)3-7(2)6/h4H,3,5H2,1-2H3/t4-,7+/m0/s1. The van der Waals surface area contributed by atoms with Gasteiger partial charge in [0.05, 0.1) is 0 Å². The van der Waals surface area contributed by atoms with Gasteiger partial charge in [0, 0.05) is 28.9 Å². The molecule has 0 spiro atoms. The van der Waals surface area contributed by atoms with Gasteiger partial charge >= 0.3 is 0 Å². The Labute approximate surface area is 46.5 Å². The molecule has 0 heterocycles. The fourth-order valence-electron chi connectivity index (χ4n) is 0.370. The maximum absolute atomic E-state index is 10.3. The van der Waals surface area contributed by atoms with Crippen LogP contribution in [0.25, 0.3) is 0 Å². The van der Waals surface area contributed by atoms with Gasteiger partial charge in [-0.3, -0.25) is 4.21 Å². The van der Waals surface area contributed by atoms with Crippen molar-refractivity contribution >= 4 is 10.8 Å². The highest BCUT2D eigenvalue weighted by atomic mass is 32.2. The van der Waals surface area contributed by atoms with Crippen molar-refractivity contribution in [3.8, 4) is 0 Å². The van der Waals surface area contributed by atoms with Gasteiger partial charge in [-0.15, -0.1) is 0 Å². The molecule has 0 aromatic heterocycles. The van der Waals surface area contributed by atoms with Crippen LogP contribution < -0.4 is 5.73 Å². The summed E-state index contributed by atoms with van der Waals surface area (Å²) in [7, 11) is -0.721. The second-order valence-corrected chi connectivity index (χ2v) is 3.20. The van der Waals surface area contributed by atoms with Crippen molar-refractivity contribution in [1.29, 1.82) is 0 Å². The van der Waals surface area contributed by atoms with Gasteiger partial charge in [-0.05, 0) is 6.92 Å². The first-order valence-electron chi connectivity index (χ1n) is 2.18. The first-order valence-corrected chi connectivity index (χ1v) is 3.91. The van der Waals surface area contributed by atoms with Crippen molar-refractivity contribution in [3.63, 3.8) is 0 Å². The molecule has 0 aliphatic carbocycles. The maximum atomic E-state index is 10.3. The molecule has 0 aliphatic heterocycles. The Kier molecular flexibility index (Phi) is 3.21. The molecule has 0 aliphatic rings. The van der Waals surface area contributed by atoms with E-state index in [1.807, 2.05) is 6.92 Å². The molecule has 0 unspecified atom stereocenters. The summed E-state index contributed by atoms with van der Waals surface area (Å²) in [5.41, 5.74) is 5.30. The SMILES string of the molecule is C[C@H](N)C[S@@](C)=O. The Bertz CT molecular complexity index is 72.1. The van der Waals surface area contributed by atoms with E-state index >= 15 is 0 Å². The predicted molar refractivity (Wildman–Crippen MR) is 32.6 cm³/mol. The quantitative estimate of drug-likeness (QED) is 0.545. The highest BCUT2D eigenvalue weighted by molar-refractivity contribution is 7.84. The molecule has 2 nitrogen and oxygen atoms in total.